The van der Waals surface area contributed by atoms with Gasteiger partial charge in [-0.25, -0.2) is 29.9 Å². The van der Waals surface area contributed by atoms with Crippen molar-refractivity contribution in [1.29, 1.82) is 0 Å². The fraction of sp³-hybridized carbons (Fsp3) is 0. The molecule has 0 fully saturated rings. The molecule has 8 nitrogen and oxygen atoms in total. The second-order valence-electron chi connectivity index (χ2n) is 26.8. The largest absolute Gasteiger partial charge is 0.456 e. The van der Waals surface area contributed by atoms with Crippen LogP contribution in [0.4, 0.5) is 0 Å². The molecule has 0 radical (unpaired) electrons. The zero-order valence-electron chi connectivity index (χ0n) is 56.6. The average molecular weight is 1390 g/mol. The number of para-hydroxylation sites is 1. The molecule has 6 aromatic heterocycles. The van der Waals surface area contributed by atoms with Gasteiger partial charge in [-0.15, -0.1) is 22.7 Å². The lowest BCUT2D eigenvalue weighted by atomic mass is 9.93. The van der Waals surface area contributed by atoms with Crippen molar-refractivity contribution < 1.29 is 8.83 Å². The third kappa shape index (κ3) is 10.6. The second-order valence-corrected chi connectivity index (χ2v) is 29.0. The molecule has 0 spiro atoms. The van der Waals surface area contributed by atoms with Crippen LogP contribution in [0.25, 0.3) is 219 Å². The number of aromatic nitrogens is 6. The number of furan rings is 2. The van der Waals surface area contributed by atoms with Crippen LogP contribution in [-0.2, 0) is 0 Å². The van der Waals surface area contributed by atoms with E-state index in [1.165, 1.54) is 51.8 Å². The van der Waals surface area contributed by atoms with Crippen LogP contribution in [-0.4, -0.2) is 29.9 Å². The molecule has 21 aromatic rings. The molecule has 0 amide bonds. The minimum atomic E-state index is 0.560. The van der Waals surface area contributed by atoms with Crippen molar-refractivity contribution >= 4 is 107 Å². The maximum Gasteiger partial charge on any atom is 0.164 e. The highest BCUT2D eigenvalue weighted by Crippen LogP contribution is 2.47. The molecule has 10 heteroatoms. The van der Waals surface area contributed by atoms with Gasteiger partial charge in [-0.1, -0.05) is 237 Å². The van der Waals surface area contributed by atoms with E-state index in [0.29, 0.717) is 34.9 Å². The Kier molecular flexibility index (Phi) is 14.5. The van der Waals surface area contributed by atoms with Gasteiger partial charge in [0.25, 0.3) is 0 Å². The van der Waals surface area contributed by atoms with Crippen molar-refractivity contribution in [2.75, 3.05) is 0 Å². The molecule has 21 rings (SSSR count). The maximum atomic E-state index is 6.83. The highest BCUT2D eigenvalue weighted by Gasteiger charge is 2.23. The summed E-state index contributed by atoms with van der Waals surface area (Å²) in [5.74, 6) is 3.54. The first-order chi connectivity index (χ1) is 52.5. The van der Waals surface area contributed by atoms with E-state index in [2.05, 4.69) is 261 Å². The Morgan fingerprint density at radius 3 is 1.01 bits per heavy atom. The van der Waals surface area contributed by atoms with Gasteiger partial charge < -0.3 is 8.83 Å². The van der Waals surface area contributed by atoms with Gasteiger partial charge in [0.2, 0.25) is 0 Å². The van der Waals surface area contributed by atoms with Crippen molar-refractivity contribution in [2.24, 2.45) is 0 Å². The van der Waals surface area contributed by atoms with Crippen molar-refractivity contribution in [3.05, 3.63) is 340 Å². The molecular formula is C96H56N6O2S2. The summed E-state index contributed by atoms with van der Waals surface area (Å²) < 4.78 is 18.0. The number of nitrogens with zero attached hydrogens (tertiary/aromatic N) is 6. The Morgan fingerprint density at radius 2 is 0.500 bits per heavy atom. The van der Waals surface area contributed by atoms with Crippen LogP contribution in [0, 0.1) is 0 Å². The summed E-state index contributed by atoms with van der Waals surface area (Å²) in [7, 11) is 0. The zero-order chi connectivity index (χ0) is 69.8. The van der Waals surface area contributed by atoms with E-state index in [1.54, 1.807) is 11.3 Å². The third-order valence-corrected chi connectivity index (χ3v) is 22.7. The smallest absolute Gasteiger partial charge is 0.164 e. The van der Waals surface area contributed by atoms with Crippen LogP contribution in [0.2, 0.25) is 0 Å². The SMILES string of the molecule is c1ccc(-c2cccc(-c3cccc4sc5ccc(-c6nc(-c7ccccc7)nc(-c7ccc8c(c7)oc7cccc(-c9cccc(-c%10cccc(-c%11cccc(-c%12cccc%13sc%14ccc(-c%15nc(-c%16ccccc%16)nc(-c%16cccc%17oc%18ccccc%18c%16%17)n%15)cc%14c%12%13)c%11)c%10)c9)c78)n6)cc5c34)c2)cc1. The molecule has 0 aliphatic rings. The molecule has 0 saturated carbocycles. The highest BCUT2D eigenvalue weighted by molar-refractivity contribution is 7.26. The fourth-order valence-electron chi connectivity index (χ4n) is 15.4. The highest BCUT2D eigenvalue weighted by atomic mass is 32.1. The molecule has 0 saturated heterocycles. The van der Waals surface area contributed by atoms with Gasteiger partial charge >= 0.3 is 0 Å². The van der Waals surface area contributed by atoms with Gasteiger partial charge in [0, 0.05) is 95.3 Å². The van der Waals surface area contributed by atoms with Gasteiger partial charge in [0.1, 0.15) is 22.3 Å². The molecule has 0 N–H and O–H groups in total. The van der Waals surface area contributed by atoms with E-state index >= 15 is 0 Å². The Labute approximate surface area is 616 Å². The molecule has 0 unspecified atom stereocenters. The first-order valence-electron chi connectivity index (χ1n) is 35.4. The lowest BCUT2D eigenvalue weighted by Gasteiger charge is -2.11. The van der Waals surface area contributed by atoms with Crippen LogP contribution in [0.1, 0.15) is 0 Å². The zero-order valence-corrected chi connectivity index (χ0v) is 58.3. The summed E-state index contributed by atoms with van der Waals surface area (Å²) in [6, 6.07) is 120. The predicted molar refractivity (Wildman–Crippen MR) is 439 cm³/mol. The molecule has 0 aliphatic heterocycles. The number of hydrogen-bond acceptors (Lipinski definition) is 10. The third-order valence-electron chi connectivity index (χ3n) is 20.4. The van der Waals surface area contributed by atoms with Gasteiger partial charge in [0.05, 0.1) is 0 Å². The summed E-state index contributed by atoms with van der Waals surface area (Å²) >= 11 is 3.61. The second kappa shape index (κ2) is 25.1. The van der Waals surface area contributed by atoms with E-state index in [0.717, 1.165) is 133 Å². The maximum absolute atomic E-state index is 6.83. The lowest BCUT2D eigenvalue weighted by Crippen LogP contribution is -2.00. The molecule has 0 aliphatic carbocycles. The normalized spacial score (nSPS) is 11.8. The van der Waals surface area contributed by atoms with Gasteiger partial charge in [0.15, 0.2) is 34.9 Å². The number of rotatable bonds is 12. The summed E-state index contributed by atoms with van der Waals surface area (Å²) in [5.41, 5.74) is 22.2. The van der Waals surface area contributed by atoms with Gasteiger partial charge in [-0.2, -0.15) is 0 Å². The summed E-state index contributed by atoms with van der Waals surface area (Å²) in [6.07, 6.45) is 0. The number of fused-ring (bicyclic) bond motifs is 12. The van der Waals surface area contributed by atoms with Gasteiger partial charge in [-0.05, 0) is 170 Å². The molecule has 0 bridgehead atoms. The topological polar surface area (TPSA) is 104 Å². The molecule has 494 valence electrons. The van der Waals surface area contributed by atoms with Crippen LogP contribution < -0.4 is 0 Å². The van der Waals surface area contributed by atoms with E-state index in [9.17, 15) is 0 Å². The van der Waals surface area contributed by atoms with E-state index in [-0.39, 0.29) is 0 Å². The van der Waals surface area contributed by atoms with Crippen molar-refractivity contribution in [1.82, 2.24) is 29.9 Å². The summed E-state index contributed by atoms with van der Waals surface area (Å²) in [5, 5.41) is 8.79. The lowest BCUT2D eigenvalue weighted by molar-refractivity contribution is 0.668. The average Bonchev–Trinajstić information content (AvgIpc) is 1.50. The first-order valence-corrected chi connectivity index (χ1v) is 37.0. The van der Waals surface area contributed by atoms with Crippen LogP contribution >= 0.6 is 22.7 Å². The minimum Gasteiger partial charge on any atom is -0.456 e. The van der Waals surface area contributed by atoms with Crippen LogP contribution in [0.3, 0.4) is 0 Å². The first kappa shape index (κ1) is 61.1. The Bertz CT molecular complexity index is 7100. The molecule has 106 heavy (non-hydrogen) atoms. The van der Waals surface area contributed by atoms with Crippen LogP contribution in [0.5, 0.6) is 0 Å². The number of hydrogen-bond donors (Lipinski definition) is 0. The standard InChI is InChI=1S/C96H56N6O2S2/c1-4-20-57(21-5-1)60-26-13-32-66(51-60)72-36-18-42-85-89(72)77-54-68(45-48-83(77)105-85)93-97-91(58-22-6-2-7-23-58)98-95(100-93)70-44-47-75-82(56-70)104-80-40-16-35-71(87(75)80)65-31-14-29-63(52-65)61-27-12-28-62(50-61)64-30-15-33-67(53-64)73-37-19-43-86-90(73)78-55-69(46-49-84(78)106-86)94-99-92(59-24-8-3-9-25-59)101-96(102-94)76-38-17-41-81-88(76)74-34-10-11-39-79(74)103-81/h1-56H. The van der Waals surface area contributed by atoms with E-state index in [1.807, 2.05) is 90.2 Å². The molecule has 0 atom stereocenters. The van der Waals surface area contributed by atoms with Crippen molar-refractivity contribution in [2.45, 2.75) is 0 Å². The minimum absolute atomic E-state index is 0.560. The predicted octanol–water partition coefficient (Wildman–Crippen LogP) is 26.6. The number of benzene rings is 15. The Morgan fingerprint density at radius 1 is 0.170 bits per heavy atom. The summed E-state index contributed by atoms with van der Waals surface area (Å²) in [6.45, 7) is 0. The van der Waals surface area contributed by atoms with E-state index in [4.69, 9.17) is 38.7 Å². The Hall–Kier alpha value is -13.6. The van der Waals surface area contributed by atoms with Crippen LogP contribution in [0.15, 0.2) is 349 Å². The van der Waals surface area contributed by atoms with Gasteiger partial charge in [-0.3, -0.25) is 0 Å². The summed E-state index contributed by atoms with van der Waals surface area (Å²) in [4.78, 5) is 31.3. The molecule has 6 heterocycles. The Balaban J connectivity index is 0.601. The molecule has 15 aromatic carbocycles. The van der Waals surface area contributed by atoms with Crippen molar-refractivity contribution in [3.8, 4) is 135 Å². The monoisotopic (exact) mass is 1390 g/mol. The van der Waals surface area contributed by atoms with E-state index < -0.39 is 0 Å². The fourth-order valence-corrected chi connectivity index (χ4v) is 17.6. The quantitative estimate of drug-likeness (QED) is 0.119. The molecular weight excluding hydrogens is 1330 g/mol. The van der Waals surface area contributed by atoms with Crippen molar-refractivity contribution in [3.63, 3.8) is 0 Å². The number of thiophene rings is 2.